The second-order valence-electron chi connectivity index (χ2n) is 7.48. The smallest absolute Gasteiger partial charge is 0.133 e. The van der Waals surface area contributed by atoms with E-state index in [0.29, 0.717) is 0 Å². The zero-order valence-electron chi connectivity index (χ0n) is 16.0. The Balaban J connectivity index is 1.27. The summed E-state index contributed by atoms with van der Waals surface area (Å²) in [4.78, 5) is 14.1. The number of halogens is 1. The van der Waals surface area contributed by atoms with Crippen molar-refractivity contribution in [2.45, 2.75) is 32.6 Å². The van der Waals surface area contributed by atoms with E-state index < -0.39 is 0 Å². The fraction of sp³-hybridized carbons (Fsp3) is 0.524. The number of nitrogens with zero attached hydrogens (tertiary/aromatic N) is 4. The van der Waals surface area contributed by atoms with Gasteiger partial charge in [-0.2, -0.15) is 0 Å². The third-order valence-electron chi connectivity index (χ3n) is 5.58. The zero-order chi connectivity index (χ0) is 18.6. The van der Waals surface area contributed by atoms with Crippen LogP contribution in [0, 0.1) is 12.7 Å². The maximum absolute atomic E-state index is 13.1. The molecule has 0 radical (unpaired) electrons. The molecule has 0 bridgehead atoms. The summed E-state index contributed by atoms with van der Waals surface area (Å²) in [6, 6.07) is 6.81. The SMILES string of the molecule is Cc1nc2c(c(NCCN3CCN(c4ccc(F)cc4)CC3)n1)CCCC2. The predicted molar refractivity (Wildman–Crippen MR) is 107 cm³/mol. The molecule has 0 unspecified atom stereocenters. The minimum absolute atomic E-state index is 0.175. The fourth-order valence-electron chi connectivity index (χ4n) is 4.08. The highest BCUT2D eigenvalue weighted by Gasteiger charge is 2.19. The predicted octanol–water partition coefficient (Wildman–Crippen LogP) is 3.04. The van der Waals surface area contributed by atoms with Gasteiger partial charge in [0.15, 0.2) is 0 Å². The van der Waals surface area contributed by atoms with E-state index in [-0.39, 0.29) is 5.82 Å². The lowest BCUT2D eigenvalue weighted by molar-refractivity contribution is 0.267. The zero-order valence-corrected chi connectivity index (χ0v) is 16.0. The van der Waals surface area contributed by atoms with Crippen LogP contribution in [0.15, 0.2) is 24.3 Å². The number of rotatable bonds is 5. The van der Waals surface area contributed by atoms with Gasteiger partial charge in [0.1, 0.15) is 17.5 Å². The Morgan fingerprint density at radius 3 is 2.52 bits per heavy atom. The molecule has 5 nitrogen and oxygen atoms in total. The maximum Gasteiger partial charge on any atom is 0.133 e. The third-order valence-corrected chi connectivity index (χ3v) is 5.58. The molecule has 0 atom stereocenters. The van der Waals surface area contributed by atoms with E-state index in [1.54, 1.807) is 0 Å². The molecule has 1 aliphatic carbocycles. The van der Waals surface area contributed by atoms with Gasteiger partial charge in [-0.3, -0.25) is 4.90 Å². The molecule has 1 N–H and O–H groups in total. The minimum Gasteiger partial charge on any atom is -0.369 e. The Hall–Kier alpha value is -2.21. The summed E-state index contributed by atoms with van der Waals surface area (Å²) in [6.45, 7) is 7.91. The highest BCUT2D eigenvalue weighted by molar-refractivity contribution is 5.48. The lowest BCUT2D eigenvalue weighted by atomic mass is 9.96. The van der Waals surface area contributed by atoms with Crippen molar-refractivity contribution in [3.63, 3.8) is 0 Å². The van der Waals surface area contributed by atoms with Gasteiger partial charge in [0, 0.05) is 56.2 Å². The van der Waals surface area contributed by atoms with Gasteiger partial charge in [0.25, 0.3) is 0 Å². The van der Waals surface area contributed by atoms with Crippen molar-refractivity contribution in [2.75, 3.05) is 49.5 Å². The lowest BCUT2D eigenvalue weighted by Gasteiger charge is -2.36. The maximum atomic E-state index is 13.1. The molecule has 2 heterocycles. The van der Waals surface area contributed by atoms with Gasteiger partial charge in [0.05, 0.1) is 0 Å². The minimum atomic E-state index is -0.175. The van der Waals surface area contributed by atoms with Crippen molar-refractivity contribution < 1.29 is 4.39 Å². The molecule has 2 aliphatic rings. The second-order valence-corrected chi connectivity index (χ2v) is 7.48. The number of nitrogens with one attached hydrogen (secondary N) is 1. The van der Waals surface area contributed by atoms with Crippen molar-refractivity contribution >= 4 is 11.5 Å². The largest absolute Gasteiger partial charge is 0.369 e. The number of anilines is 2. The summed E-state index contributed by atoms with van der Waals surface area (Å²) >= 11 is 0. The van der Waals surface area contributed by atoms with Crippen LogP contribution in [0.5, 0.6) is 0 Å². The summed E-state index contributed by atoms with van der Waals surface area (Å²) in [5, 5.41) is 3.56. The molecular formula is C21H28FN5. The number of fused-ring (bicyclic) bond motifs is 1. The molecule has 27 heavy (non-hydrogen) atoms. The van der Waals surface area contributed by atoms with Gasteiger partial charge < -0.3 is 10.2 Å². The molecule has 2 aromatic rings. The summed E-state index contributed by atoms with van der Waals surface area (Å²) in [5.41, 5.74) is 3.68. The number of aromatic nitrogens is 2. The summed E-state index contributed by atoms with van der Waals surface area (Å²) < 4.78 is 13.1. The average Bonchev–Trinajstić information content (AvgIpc) is 2.69. The Morgan fingerprint density at radius 2 is 1.74 bits per heavy atom. The molecule has 144 valence electrons. The summed E-state index contributed by atoms with van der Waals surface area (Å²) in [7, 11) is 0. The quantitative estimate of drug-likeness (QED) is 0.878. The topological polar surface area (TPSA) is 44.3 Å². The standard InChI is InChI=1S/C21H28FN5/c1-16-24-20-5-3-2-4-19(20)21(25-16)23-10-11-26-12-14-27(15-13-26)18-8-6-17(22)7-9-18/h6-9H,2-5,10-15H2,1H3,(H,23,24,25). The van der Waals surface area contributed by atoms with Crippen LogP contribution in [0.4, 0.5) is 15.9 Å². The number of piperazine rings is 1. The van der Waals surface area contributed by atoms with Crippen molar-refractivity contribution in [3.05, 3.63) is 47.2 Å². The van der Waals surface area contributed by atoms with E-state index in [4.69, 9.17) is 0 Å². The molecule has 4 rings (SSSR count). The highest BCUT2D eigenvalue weighted by atomic mass is 19.1. The van der Waals surface area contributed by atoms with Crippen LogP contribution in [-0.2, 0) is 12.8 Å². The molecular weight excluding hydrogens is 341 g/mol. The summed E-state index contributed by atoms with van der Waals surface area (Å²) in [5.74, 6) is 1.74. The molecule has 0 spiro atoms. The lowest BCUT2D eigenvalue weighted by Crippen LogP contribution is -2.47. The van der Waals surface area contributed by atoms with Crippen LogP contribution in [0.1, 0.15) is 29.9 Å². The van der Waals surface area contributed by atoms with Crippen LogP contribution in [0.2, 0.25) is 0 Å². The van der Waals surface area contributed by atoms with Gasteiger partial charge in [-0.15, -0.1) is 0 Å². The van der Waals surface area contributed by atoms with E-state index in [1.807, 2.05) is 19.1 Å². The third kappa shape index (κ3) is 4.38. The molecule has 1 aliphatic heterocycles. The second kappa shape index (κ2) is 8.21. The Morgan fingerprint density at radius 1 is 1.00 bits per heavy atom. The average molecular weight is 369 g/mol. The Kier molecular flexibility index (Phi) is 5.53. The Labute approximate surface area is 160 Å². The first kappa shape index (κ1) is 18.2. The molecule has 1 fully saturated rings. The van der Waals surface area contributed by atoms with E-state index in [9.17, 15) is 4.39 Å². The number of hydrogen-bond donors (Lipinski definition) is 1. The molecule has 1 aromatic carbocycles. The van der Waals surface area contributed by atoms with Gasteiger partial charge in [-0.1, -0.05) is 0 Å². The van der Waals surface area contributed by atoms with Crippen molar-refractivity contribution in [1.29, 1.82) is 0 Å². The highest BCUT2D eigenvalue weighted by Crippen LogP contribution is 2.25. The van der Waals surface area contributed by atoms with E-state index >= 15 is 0 Å². The summed E-state index contributed by atoms with van der Waals surface area (Å²) in [6.07, 6.45) is 4.65. The normalized spacial score (nSPS) is 17.6. The van der Waals surface area contributed by atoms with Crippen molar-refractivity contribution in [1.82, 2.24) is 14.9 Å². The van der Waals surface area contributed by atoms with Gasteiger partial charge in [-0.05, 0) is 56.9 Å². The van der Waals surface area contributed by atoms with Crippen molar-refractivity contribution in [3.8, 4) is 0 Å². The van der Waals surface area contributed by atoms with E-state index in [0.717, 1.165) is 69.4 Å². The Bertz CT molecular complexity index is 769. The van der Waals surface area contributed by atoms with Gasteiger partial charge in [-0.25, -0.2) is 14.4 Å². The van der Waals surface area contributed by atoms with Crippen LogP contribution in [-0.4, -0.2) is 54.1 Å². The van der Waals surface area contributed by atoms with Gasteiger partial charge in [0.2, 0.25) is 0 Å². The first-order chi connectivity index (χ1) is 13.2. The first-order valence-corrected chi connectivity index (χ1v) is 10.0. The molecule has 0 amide bonds. The monoisotopic (exact) mass is 369 g/mol. The van der Waals surface area contributed by atoms with Crippen LogP contribution in [0.25, 0.3) is 0 Å². The molecule has 1 saturated heterocycles. The molecule has 0 saturated carbocycles. The van der Waals surface area contributed by atoms with Crippen molar-refractivity contribution in [2.24, 2.45) is 0 Å². The molecule has 1 aromatic heterocycles. The first-order valence-electron chi connectivity index (χ1n) is 10.0. The number of hydrogen-bond acceptors (Lipinski definition) is 5. The van der Waals surface area contributed by atoms with E-state index in [2.05, 4.69) is 25.1 Å². The van der Waals surface area contributed by atoms with E-state index in [1.165, 1.54) is 36.2 Å². The number of benzene rings is 1. The van der Waals surface area contributed by atoms with Crippen LogP contribution < -0.4 is 10.2 Å². The number of aryl methyl sites for hydroxylation is 2. The van der Waals surface area contributed by atoms with Gasteiger partial charge >= 0.3 is 0 Å². The fourth-order valence-corrected chi connectivity index (χ4v) is 4.08. The van der Waals surface area contributed by atoms with Crippen LogP contribution >= 0.6 is 0 Å². The molecule has 6 heteroatoms. The van der Waals surface area contributed by atoms with Crippen LogP contribution in [0.3, 0.4) is 0 Å².